The predicted molar refractivity (Wildman–Crippen MR) is 121 cm³/mol. The molecule has 5 N–H and O–H groups in total. The first kappa shape index (κ1) is 22.3. The van der Waals surface area contributed by atoms with Crippen LogP contribution in [0.4, 0.5) is 10.2 Å². The van der Waals surface area contributed by atoms with Crippen LogP contribution < -0.4 is 21.5 Å². The number of benzene rings is 1. The molecule has 0 aliphatic carbocycles. The lowest BCUT2D eigenvalue weighted by Gasteiger charge is -2.20. The number of anilines is 1. The number of hydrogen-bond donors (Lipinski definition) is 3. The molecule has 0 saturated carbocycles. The highest BCUT2D eigenvalue weighted by molar-refractivity contribution is 6.36. The molecule has 0 bridgehead atoms. The summed E-state index contributed by atoms with van der Waals surface area (Å²) in [5, 5.41) is 3.52. The van der Waals surface area contributed by atoms with Gasteiger partial charge in [0.1, 0.15) is 11.9 Å². The van der Waals surface area contributed by atoms with Crippen molar-refractivity contribution >= 4 is 40.8 Å². The lowest BCUT2D eigenvalue weighted by Crippen LogP contribution is -2.29. The van der Waals surface area contributed by atoms with E-state index in [4.69, 9.17) is 39.4 Å². The van der Waals surface area contributed by atoms with E-state index < -0.39 is 11.9 Å². The van der Waals surface area contributed by atoms with Gasteiger partial charge in [0.2, 0.25) is 0 Å². The third kappa shape index (κ3) is 5.22. The zero-order valence-corrected chi connectivity index (χ0v) is 18.1. The number of piperidine rings is 1. The van der Waals surface area contributed by atoms with E-state index >= 15 is 0 Å². The molecule has 1 aliphatic heterocycles. The van der Waals surface area contributed by atoms with E-state index in [0.717, 1.165) is 25.9 Å². The minimum atomic E-state index is -0.659. The third-order valence-electron chi connectivity index (χ3n) is 4.92. The van der Waals surface area contributed by atoms with Gasteiger partial charge < -0.3 is 21.5 Å². The summed E-state index contributed by atoms with van der Waals surface area (Å²) in [4.78, 5) is 8.83. The minimum Gasteiger partial charge on any atom is -0.482 e. The molecule has 0 spiro atoms. The van der Waals surface area contributed by atoms with Crippen molar-refractivity contribution in [3.8, 4) is 5.75 Å². The van der Waals surface area contributed by atoms with Crippen molar-refractivity contribution in [2.24, 2.45) is 10.7 Å². The molecule has 1 fully saturated rings. The molecule has 3 rings (SSSR count). The number of halogens is 3. The average Bonchev–Trinajstić information content (AvgIpc) is 2.74. The minimum absolute atomic E-state index is 0.0886. The maximum atomic E-state index is 13.9. The van der Waals surface area contributed by atoms with Crippen LogP contribution in [-0.4, -0.2) is 30.3 Å². The number of aromatic nitrogens is 1. The van der Waals surface area contributed by atoms with Crippen molar-refractivity contribution in [3.63, 3.8) is 0 Å². The standard InChI is InChI=1S/C21H24Cl2FN5O/c1-12(19-16(22)2-3-17(24)20(19)23)30-18-8-13(10-29-21(18)26)14(9-25)11-28-15-4-6-27-7-5-15/h2-3,8-12,15,27H,4-7,25H2,1H3,(H2,26,29)/t12-/m0/s1. The van der Waals surface area contributed by atoms with Crippen molar-refractivity contribution < 1.29 is 9.13 Å². The second-order valence-corrected chi connectivity index (χ2v) is 7.79. The molecule has 2 heterocycles. The van der Waals surface area contributed by atoms with Gasteiger partial charge in [0.25, 0.3) is 0 Å². The Kier molecular flexibility index (Phi) is 7.53. The van der Waals surface area contributed by atoms with Gasteiger partial charge in [0, 0.05) is 40.3 Å². The van der Waals surface area contributed by atoms with E-state index in [-0.39, 0.29) is 16.9 Å². The van der Waals surface area contributed by atoms with Crippen LogP contribution in [0.15, 0.2) is 35.6 Å². The zero-order chi connectivity index (χ0) is 21.7. The number of nitrogens with zero attached hydrogens (tertiary/aromatic N) is 2. The first-order chi connectivity index (χ1) is 14.4. The van der Waals surface area contributed by atoms with E-state index in [2.05, 4.69) is 15.3 Å². The maximum absolute atomic E-state index is 13.9. The van der Waals surface area contributed by atoms with Crippen LogP contribution in [0.2, 0.25) is 10.0 Å². The summed E-state index contributed by atoms with van der Waals surface area (Å²) in [6.45, 7) is 3.61. The first-order valence-corrected chi connectivity index (χ1v) is 10.4. The summed E-state index contributed by atoms with van der Waals surface area (Å²) in [5.74, 6) is -0.0826. The number of hydrogen-bond acceptors (Lipinski definition) is 6. The van der Waals surface area contributed by atoms with Crippen LogP contribution >= 0.6 is 23.2 Å². The summed E-state index contributed by atoms with van der Waals surface area (Å²) < 4.78 is 19.8. The Hall–Kier alpha value is -2.35. The number of allylic oxidation sites excluding steroid dienone is 1. The second kappa shape index (κ2) is 10.1. The molecule has 1 aromatic heterocycles. The Morgan fingerprint density at radius 2 is 2.10 bits per heavy atom. The quantitative estimate of drug-likeness (QED) is 0.447. The SMILES string of the molecule is C[C@H](Oc1cc(C(C=NC2CCNCC2)=CN)cnc1N)c1c(Cl)ccc(F)c1Cl. The second-order valence-electron chi connectivity index (χ2n) is 7.01. The number of ether oxygens (including phenoxy) is 1. The lowest BCUT2D eigenvalue weighted by molar-refractivity contribution is 0.227. The monoisotopic (exact) mass is 451 g/mol. The summed E-state index contributed by atoms with van der Waals surface area (Å²) in [6, 6.07) is 4.61. The summed E-state index contributed by atoms with van der Waals surface area (Å²) in [6.07, 6.45) is 6.11. The molecule has 0 unspecified atom stereocenters. The number of rotatable bonds is 6. The maximum Gasteiger partial charge on any atom is 0.166 e. The fraction of sp³-hybridized carbons (Fsp3) is 0.333. The van der Waals surface area contributed by atoms with E-state index in [1.165, 1.54) is 18.3 Å². The van der Waals surface area contributed by atoms with Crippen molar-refractivity contribution in [1.82, 2.24) is 10.3 Å². The summed E-state index contributed by atoms with van der Waals surface area (Å²) in [7, 11) is 0. The fourth-order valence-electron chi connectivity index (χ4n) is 3.23. The molecule has 1 aromatic carbocycles. The van der Waals surface area contributed by atoms with Crippen LogP contribution in [0.1, 0.15) is 37.0 Å². The molecule has 0 amide bonds. The number of nitrogens with one attached hydrogen (secondary N) is 1. The lowest BCUT2D eigenvalue weighted by atomic mass is 10.1. The Balaban J connectivity index is 1.82. The highest BCUT2D eigenvalue weighted by Gasteiger charge is 2.20. The van der Waals surface area contributed by atoms with Crippen molar-refractivity contribution in [2.45, 2.75) is 31.9 Å². The number of nitrogens with two attached hydrogens (primary N) is 2. The van der Waals surface area contributed by atoms with Crippen molar-refractivity contribution in [1.29, 1.82) is 0 Å². The largest absolute Gasteiger partial charge is 0.482 e. The van der Waals surface area contributed by atoms with Gasteiger partial charge in [-0.15, -0.1) is 0 Å². The predicted octanol–water partition coefficient (Wildman–Crippen LogP) is 4.37. The van der Waals surface area contributed by atoms with Crippen LogP contribution in [-0.2, 0) is 0 Å². The fourth-order valence-corrected chi connectivity index (χ4v) is 3.91. The molecule has 6 nitrogen and oxygen atoms in total. The molecule has 1 saturated heterocycles. The van der Waals surface area contributed by atoms with Crippen LogP contribution in [0.25, 0.3) is 5.57 Å². The van der Waals surface area contributed by atoms with E-state index in [1.807, 2.05) is 0 Å². The molecule has 160 valence electrons. The smallest absolute Gasteiger partial charge is 0.166 e. The molecule has 30 heavy (non-hydrogen) atoms. The molecule has 1 atom stereocenters. The van der Waals surface area contributed by atoms with Gasteiger partial charge in [-0.1, -0.05) is 23.2 Å². The van der Waals surface area contributed by atoms with E-state index in [1.54, 1.807) is 25.4 Å². The topological polar surface area (TPSA) is 98.5 Å². The Morgan fingerprint density at radius 1 is 1.37 bits per heavy atom. The van der Waals surface area contributed by atoms with Gasteiger partial charge >= 0.3 is 0 Å². The van der Waals surface area contributed by atoms with Crippen molar-refractivity contribution in [3.05, 3.63) is 57.6 Å². The number of nitrogen functional groups attached to an aromatic ring is 1. The normalized spacial score (nSPS) is 16.7. The average molecular weight is 452 g/mol. The molecule has 9 heteroatoms. The van der Waals surface area contributed by atoms with Gasteiger partial charge in [-0.3, -0.25) is 4.99 Å². The highest BCUT2D eigenvalue weighted by atomic mass is 35.5. The van der Waals surface area contributed by atoms with Crippen LogP contribution in [0.3, 0.4) is 0 Å². The molecule has 0 radical (unpaired) electrons. The number of pyridine rings is 1. The van der Waals surface area contributed by atoms with E-state index in [9.17, 15) is 4.39 Å². The molecule has 1 aliphatic rings. The Bertz CT molecular complexity index is 961. The van der Waals surface area contributed by atoms with E-state index in [0.29, 0.717) is 27.5 Å². The number of aliphatic imine (C=N–C) groups is 1. The van der Waals surface area contributed by atoms with Gasteiger partial charge in [-0.05, 0) is 51.1 Å². The first-order valence-electron chi connectivity index (χ1n) is 9.62. The van der Waals surface area contributed by atoms with Gasteiger partial charge in [-0.25, -0.2) is 9.37 Å². The third-order valence-corrected chi connectivity index (χ3v) is 5.63. The van der Waals surface area contributed by atoms with Gasteiger partial charge in [-0.2, -0.15) is 0 Å². The van der Waals surface area contributed by atoms with Crippen LogP contribution in [0.5, 0.6) is 5.75 Å². The highest BCUT2D eigenvalue weighted by Crippen LogP contribution is 2.36. The van der Waals surface area contributed by atoms with Gasteiger partial charge in [0.15, 0.2) is 11.6 Å². The molecular weight excluding hydrogens is 428 g/mol. The molecular formula is C21H24Cl2FN5O. The Morgan fingerprint density at radius 3 is 2.80 bits per heavy atom. The molecule has 2 aromatic rings. The van der Waals surface area contributed by atoms with Crippen LogP contribution in [0, 0.1) is 5.82 Å². The van der Waals surface area contributed by atoms with Gasteiger partial charge in [0.05, 0.1) is 11.1 Å². The Labute approximate surface area is 185 Å². The summed E-state index contributed by atoms with van der Waals surface area (Å²) >= 11 is 12.3. The summed E-state index contributed by atoms with van der Waals surface area (Å²) in [5.41, 5.74) is 13.5. The van der Waals surface area contributed by atoms with Crippen molar-refractivity contribution in [2.75, 3.05) is 18.8 Å². The zero-order valence-electron chi connectivity index (χ0n) is 16.5.